The molecule has 6 nitrogen and oxygen atoms in total. The summed E-state index contributed by atoms with van der Waals surface area (Å²) in [5, 5.41) is 2.64. The van der Waals surface area contributed by atoms with E-state index in [1.54, 1.807) is 12.1 Å². The average molecular weight is 396 g/mol. The lowest BCUT2D eigenvalue weighted by Gasteiger charge is -2.28. The van der Waals surface area contributed by atoms with Gasteiger partial charge in [-0.05, 0) is 61.7 Å². The first-order valence-electron chi connectivity index (χ1n) is 9.88. The highest BCUT2D eigenvalue weighted by Crippen LogP contribution is 2.25. The van der Waals surface area contributed by atoms with Crippen molar-refractivity contribution >= 4 is 17.4 Å². The van der Waals surface area contributed by atoms with Gasteiger partial charge in [0.25, 0.3) is 5.91 Å². The Morgan fingerprint density at radius 1 is 1.00 bits per heavy atom. The van der Waals surface area contributed by atoms with Gasteiger partial charge >= 0.3 is 0 Å². The van der Waals surface area contributed by atoms with Crippen LogP contribution < -0.4 is 15.0 Å². The van der Waals surface area contributed by atoms with E-state index >= 15 is 0 Å². The van der Waals surface area contributed by atoms with E-state index in [-0.39, 0.29) is 24.8 Å². The van der Waals surface area contributed by atoms with Gasteiger partial charge in [-0.3, -0.25) is 9.59 Å². The summed E-state index contributed by atoms with van der Waals surface area (Å²) in [5.74, 6) is 0.281. The summed E-state index contributed by atoms with van der Waals surface area (Å²) >= 11 is 0. The van der Waals surface area contributed by atoms with Crippen LogP contribution in [0.2, 0.25) is 0 Å². The van der Waals surface area contributed by atoms with E-state index in [0.717, 1.165) is 54.4 Å². The second-order valence-corrected chi connectivity index (χ2v) is 7.29. The third kappa shape index (κ3) is 5.35. The summed E-state index contributed by atoms with van der Waals surface area (Å²) in [7, 11) is 0. The van der Waals surface area contributed by atoms with Gasteiger partial charge in [-0.1, -0.05) is 12.1 Å². The topological polar surface area (TPSA) is 67.9 Å². The normalized spacial score (nSPS) is 13.8. The Balaban J connectivity index is 1.49. The van der Waals surface area contributed by atoms with Crippen LogP contribution >= 0.6 is 0 Å². The van der Waals surface area contributed by atoms with Crippen molar-refractivity contribution in [3.8, 4) is 5.75 Å². The number of nitrogens with zero attached hydrogens (tertiary/aromatic N) is 1. The van der Waals surface area contributed by atoms with Crippen LogP contribution in [0.5, 0.6) is 5.75 Å². The predicted octanol–water partition coefficient (Wildman–Crippen LogP) is 2.83. The summed E-state index contributed by atoms with van der Waals surface area (Å²) in [4.78, 5) is 26.7. The molecule has 1 aliphatic heterocycles. The molecule has 2 aromatic carbocycles. The van der Waals surface area contributed by atoms with Crippen molar-refractivity contribution in [1.29, 1.82) is 0 Å². The lowest BCUT2D eigenvalue weighted by Crippen LogP contribution is -2.36. The molecule has 2 aromatic rings. The molecule has 0 bridgehead atoms. The van der Waals surface area contributed by atoms with Crippen LogP contribution in [0, 0.1) is 20.8 Å². The quantitative estimate of drug-likeness (QED) is 0.729. The Hall–Kier alpha value is -2.86. The smallest absolute Gasteiger partial charge is 0.258 e. The standard InChI is InChI=1S/C23H28N2O4/c1-16-4-5-17(2)23(18(16)3)29-15-22(27)24-14-21(26)19-6-8-20(9-7-19)25-10-12-28-13-11-25/h4-9H,10-15H2,1-3H3,(H,24,27). The highest BCUT2D eigenvalue weighted by atomic mass is 16.5. The number of carbonyl (C=O) groups excluding carboxylic acids is 2. The molecular weight excluding hydrogens is 368 g/mol. The third-order valence-electron chi connectivity index (χ3n) is 5.23. The third-order valence-corrected chi connectivity index (χ3v) is 5.23. The number of anilines is 1. The van der Waals surface area contributed by atoms with Gasteiger partial charge in [0.1, 0.15) is 5.75 Å². The summed E-state index contributed by atoms with van der Waals surface area (Å²) in [6.45, 7) is 8.90. The zero-order valence-electron chi connectivity index (χ0n) is 17.3. The summed E-state index contributed by atoms with van der Waals surface area (Å²) in [6.07, 6.45) is 0. The van der Waals surface area contributed by atoms with Crippen LogP contribution in [0.4, 0.5) is 5.69 Å². The van der Waals surface area contributed by atoms with E-state index in [1.807, 2.05) is 45.0 Å². The van der Waals surface area contributed by atoms with E-state index in [1.165, 1.54) is 0 Å². The number of amides is 1. The number of Topliss-reactive ketones (excluding diaryl/α,β-unsaturated/α-hetero) is 1. The van der Waals surface area contributed by atoms with Crippen molar-refractivity contribution < 1.29 is 19.1 Å². The Bertz CT molecular complexity index is 871. The average Bonchev–Trinajstić information content (AvgIpc) is 2.75. The number of hydrogen-bond donors (Lipinski definition) is 1. The number of nitrogens with one attached hydrogen (secondary N) is 1. The molecule has 0 radical (unpaired) electrons. The van der Waals surface area contributed by atoms with E-state index in [4.69, 9.17) is 9.47 Å². The van der Waals surface area contributed by atoms with Crippen LogP contribution in [-0.4, -0.2) is 51.1 Å². The van der Waals surface area contributed by atoms with Crippen molar-refractivity contribution in [2.75, 3.05) is 44.4 Å². The molecule has 0 spiro atoms. The van der Waals surface area contributed by atoms with Gasteiger partial charge in [-0.2, -0.15) is 0 Å². The number of aryl methyl sites for hydroxylation is 2. The zero-order valence-corrected chi connectivity index (χ0v) is 17.3. The number of ketones is 1. The second kappa shape index (κ2) is 9.56. The van der Waals surface area contributed by atoms with Gasteiger partial charge in [-0.15, -0.1) is 0 Å². The van der Waals surface area contributed by atoms with Crippen LogP contribution in [0.3, 0.4) is 0 Å². The fourth-order valence-corrected chi connectivity index (χ4v) is 3.30. The zero-order chi connectivity index (χ0) is 20.8. The lowest BCUT2D eigenvalue weighted by molar-refractivity contribution is -0.122. The van der Waals surface area contributed by atoms with Crippen LogP contribution in [0.15, 0.2) is 36.4 Å². The monoisotopic (exact) mass is 396 g/mol. The van der Waals surface area contributed by atoms with E-state index in [2.05, 4.69) is 10.2 Å². The van der Waals surface area contributed by atoms with Crippen LogP contribution in [0.1, 0.15) is 27.0 Å². The van der Waals surface area contributed by atoms with E-state index < -0.39 is 0 Å². The van der Waals surface area contributed by atoms with Crippen molar-refractivity contribution in [3.05, 3.63) is 58.7 Å². The molecule has 1 saturated heterocycles. The van der Waals surface area contributed by atoms with Gasteiger partial charge in [0.15, 0.2) is 12.4 Å². The van der Waals surface area contributed by atoms with Gasteiger partial charge < -0.3 is 19.7 Å². The largest absolute Gasteiger partial charge is 0.483 e. The molecule has 0 unspecified atom stereocenters. The number of ether oxygens (including phenoxy) is 2. The molecule has 3 rings (SSSR count). The Labute approximate surface area is 171 Å². The maximum atomic E-state index is 12.4. The summed E-state index contributed by atoms with van der Waals surface area (Å²) < 4.78 is 11.1. The number of benzene rings is 2. The van der Waals surface area contributed by atoms with Crippen LogP contribution in [0.25, 0.3) is 0 Å². The van der Waals surface area contributed by atoms with Crippen molar-refractivity contribution in [3.63, 3.8) is 0 Å². The Morgan fingerprint density at radius 3 is 2.34 bits per heavy atom. The molecule has 0 saturated carbocycles. The lowest BCUT2D eigenvalue weighted by atomic mass is 10.1. The SMILES string of the molecule is Cc1ccc(C)c(OCC(=O)NCC(=O)c2ccc(N3CCOCC3)cc2)c1C. The van der Waals surface area contributed by atoms with E-state index in [0.29, 0.717) is 5.56 Å². The molecule has 1 aliphatic rings. The first-order valence-corrected chi connectivity index (χ1v) is 9.88. The number of rotatable bonds is 7. The first kappa shape index (κ1) is 20.9. The molecule has 29 heavy (non-hydrogen) atoms. The second-order valence-electron chi connectivity index (χ2n) is 7.29. The van der Waals surface area contributed by atoms with Gasteiger partial charge in [0.2, 0.25) is 0 Å². The molecule has 1 amide bonds. The minimum atomic E-state index is -0.316. The summed E-state index contributed by atoms with van der Waals surface area (Å²) in [5.41, 5.74) is 4.77. The number of morpholine rings is 1. The maximum Gasteiger partial charge on any atom is 0.258 e. The number of hydrogen-bond acceptors (Lipinski definition) is 5. The predicted molar refractivity (Wildman–Crippen MR) is 113 cm³/mol. The molecule has 0 aliphatic carbocycles. The van der Waals surface area contributed by atoms with Gasteiger partial charge in [0.05, 0.1) is 19.8 Å². The molecule has 0 aromatic heterocycles. The van der Waals surface area contributed by atoms with Gasteiger partial charge in [-0.25, -0.2) is 0 Å². The Kier molecular flexibility index (Phi) is 6.88. The molecule has 6 heteroatoms. The maximum absolute atomic E-state index is 12.4. The minimum Gasteiger partial charge on any atom is -0.483 e. The molecule has 1 N–H and O–H groups in total. The van der Waals surface area contributed by atoms with Crippen molar-refractivity contribution in [2.45, 2.75) is 20.8 Å². The van der Waals surface area contributed by atoms with Crippen molar-refractivity contribution in [1.82, 2.24) is 5.32 Å². The fraction of sp³-hybridized carbons (Fsp3) is 0.391. The summed E-state index contributed by atoms with van der Waals surface area (Å²) in [6, 6.07) is 11.5. The fourth-order valence-electron chi connectivity index (χ4n) is 3.30. The molecule has 0 atom stereocenters. The van der Waals surface area contributed by atoms with Gasteiger partial charge in [0, 0.05) is 24.3 Å². The molecule has 154 valence electrons. The molecule has 1 fully saturated rings. The molecule has 1 heterocycles. The first-order chi connectivity index (χ1) is 14.0. The van der Waals surface area contributed by atoms with Crippen LogP contribution in [-0.2, 0) is 9.53 Å². The van der Waals surface area contributed by atoms with E-state index in [9.17, 15) is 9.59 Å². The molecular formula is C23H28N2O4. The Morgan fingerprint density at radius 2 is 1.66 bits per heavy atom. The van der Waals surface area contributed by atoms with Crippen molar-refractivity contribution in [2.24, 2.45) is 0 Å². The highest BCUT2D eigenvalue weighted by molar-refractivity contribution is 5.99. The number of carbonyl (C=O) groups is 2. The minimum absolute atomic E-state index is 0.0507. The highest BCUT2D eigenvalue weighted by Gasteiger charge is 2.14.